The van der Waals surface area contributed by atoms with Gasteiger partial charge in [-0.05, 0) is 10.9 Å². The summed E-state index contributed by atoms with van der Waals surface area (Å²) < 4.78 is 7.28. The molecule has 0 saturated carbocycles. The highest BCUT2D eigenvalue weighted by atomic mass is 32.2. The Morgan fingerprint density at radius 1 is 1.36 bits per heavy atom. The number of nitrogens with two attached hydrogens (primary N) is 1. The monoisotopic (exact) mass is 413 g/mol. The van der Waals surface area contributed by atoms with E-state index in [0.717, 1.165) is 5.75 Å². The Kier molecular flexibility index (Phi) is 6.35. The molecule has 0 aromatic carbocycles. The van der Waals surface area contributed by atoms with E-state index in [2.05, 4.69) is 32.8 Å². The van der Waals surface area contributed by atoms with Crippen LogP contribution in [0.1, 0.15) is 12.6 Å². The first-order chi connectivity index (χ1) is 13.3. The van der Waals surface area contributed by atoms with Crippen molar-refractivity contribution in [2.45, 2.75) is 37.0 Å². The summed E-state index contributed by atoms with van der Waals surface area (Å²) in [6, 6.07) is -0.747. The van der Waals surface area contributed by atoms with Gasteiger partial charge < -0.3 is 31.1 Å². The first-order valence-corrected chi connectivity index (χ1v) is 11.0. The molecule has 1 fully saturated rings. The van der Waals surface area contributed by atoms with Crippen molar-refractivity contribution in [2.75, 3.05) is 30.5 Å². The minimum atomic E-state index is -1.24. The molecule has 6 N–H and O–H groups in total. The summed E-state index contributed by atoms with van der Waals surface area (Å²) in [7, 11) is 0.131. The smallest absolute Gasteiger partial charge is 0.320 e. The van der Waals surface area contributed by atoms with Crippen molar-refractivity contribution in [2.24, 2.45) is 0 Å². The van der Waals surface area contributed by atoms with Crippen LogP contribution in [0.5, 0.6) is 0 Å². The van der Waals surface area contributed by atoms with Crippen LogP contribution in [0.15, 0.2) is 12.7 Å². The third kappa shape index (κ3) is 4.20. The Labute approximate surface area is 164 Å². The lowest BCUT2D eigenvalue weighted by Crippen LogP contribution is -2.45. The zero-order chi connectivity index (χ0) is 20.4. The van der Waals surface area contributed by atoms with Crippen molar-refractivity contribution in [1.82, 2.24) is 24.8 Å². The molecule has 12 heteroatoms. The molecule has 1 aliphatic rings. The highest BCUT2D eigenvalue weighted by Crippen LogP contribution is 2.31. The summed E-state index contributed by atoms with van der Waals surface area (Å²) in [5.41, 5.74) is 6.52. The topological polar surface area (TPSA) is 169 Å². The van der Waals surface area contributed by atoms with Crippen LogP contribution in [0.2, 0.25) is 0 Å². The van der Waals surface area contributed by atoms with Crippen molar-refractivity contribution < 1.29 is 24.9 Å². The highest BCUT2D eigenvalue weighted by molar-refractivity contribution is 7.95. The number of anilines is 1. The van der Waals surface area contributed by atoms with Gasteiger partial charge in [-0.25, -0.2) is 15.0 Å². The molecular weight excluding hydrogens is 388 g/mol. The van der Waals surface area contributed by atoms with Crippen LogP contribution in [-0.4, -0.2) is 90.0 Å². The quantitative estimate of drug-likeness (QED) is 0.316. The molecular formula is C16H25N6O5S+. The maximum Gasteiger partial charge on any atom is 0.320 e. The highest BCUT2D eigenvalue weighted by Gasteiger charge is 2.44. The number of aromatic nitrogens is 4. The minimum Gasteiger partial charge on any atom is -0.480 e. The maximum absolute atomic E-state index is 11.4. The van der Waals surface area contributed by atoms with Crippen LogP contribution in [0, 0.1) is 0 Å². The number of carboxylic acid groups (broad SMARTS) is 1. The van der Waals surface area contributed by atoms with Gasteiger partial charge in [0.15, 0.2) is 17.7 Å². The third-order valence-electron chi connectivity index (χ3n) is 4.68. The Bertz CT molecular complexity index is 833. The van der Waals surface area contributed by atoms with Gasteiger partial charge in [0.1, 0.15) is 42.0 Å². The normalized spacial score (nSPS) is 26.2. The number of aliphatic hydroxyl groups is 2. The van der Waals surface area contributed by atoms with E-state index in [-0.39, 0.29) is 23.3 Å². The Morgan fingerprint density at radius 3 is 2.79 bits per heavy atom. The van der Waals surface area contributed by atoms with Crippen LogP contribution in [0.25, 0.3) is 11.2 Å². The number of hydrogen-bond donors (Lipinski definition) is 5. The second-order valence-electron chi connectivity index (χ2n) is 6.91. The third-order valence-corrected chi connectivity index (χ3v) is 5.73. The van der Waals surface area contributed by atoms with Crippen molar-refractivity contribution in [3.63, 3.8) is 0 Å². The predicted octanol–water partition coefficient (Wildman–Crippen LogP) is -1.66. The molecule has 0 amide bonds. The van der Waals surface area contributed by atoms with Crippen LogP contribution in [-0.2, 0) is 20.4 Å². The van der Waals surface area contributed by atoms with Crippen molar-refractivity contribution in [3.8, 4) is 0 Å². The summed E-state index contributed by atoms with van der Waals surface area (Å²) >= 11 is 0. The van der Waals surface area contributed by atoms with Gasteiger partial charge in [0.2, 0.25) is 0 Å². The number of imidazole rings is 1. The van der Waals surface area contributed by atoms with E-state index in [4.69, 9.17) is 10.5 Å². The lowest BCUT2D eigenvalue weighted by Gasteiger charge is -2.19. The molecule has 0 aliphatic carbocycles. The van der Waals surface area contributed by atoms with Crippen LogP contribution in [0.3, 0.4) is 0 Å². The van der Waals surface area contributed by atoms with Gasteiger partial charge in [-0.15, -0.1) is 0 Å². The Balaban J connectivity index is 1.69. The van der Waals surface area contributed by atoms with Gasteiger partial charge >= 0.3 is 5.97 Å². The average Bonchev–Trinajstić information content (AvgIpc) is 3.18. The van der Waals surface area contributed by atoms with E-state index in [1.165, 1.54) is 17.2 Å². The van der Waals surface area contributed by atoms with E-state index in [1.807, 2.05) is 0 Å². The van der Waals surface area contributed by atoms with Crippen LogP contribution >= 0.6 is 0 Å². The zero-order valence-corrected chi connectivity index (χ0v) is 16.4. The maximum atomic E-state index is 11.4. The Morgan fingerprint density at radius 2 is 2.11 bits per heavy atom. The van der Waals surface area contributed by atoms with Gasteiger partial charge in [0.05, 0.1) is 18.8 Å². The summed E-state index contributed by atoms with van der Waals surface area (Å²) in [5.74, 6) is 0.0267. The van der Waals surface area contributed by atoms with E-state index < -0.39 is 36.6 Å². The summed E-state index contributed by atoms with van der Waals surface area (Å²) in [6.45, 7) is 0.0800. The first-order valence-electron chi connectivity index (χ1n) is 8.74. The van der Waals surface area contributed by atoms with Gasteiger partial charge in [-0.3, -0.25) is 9.36 Å². The van der Waals surface area contributed by atoms with E-state index >= 15 is 0 Å². The molecule has 1 saturated heterocycles. The predicted molar refractivity (Wildman–Crippen MR) is 104 cm³/mol. The molecule has 0 spiro atoms. The fourth-order valence-corrected chi connectivity index (χ4v) is 3.82. The number of carbonyl (C=O) groups is 1. The van der Waals surface area contributed by atoms with E-state index in [1.54, 1.807) is 0 Å². The van der Waals surface area contributed by atoms with Gasteiger partial charge in [0, 0.05) is 13.0 Å². The molecule has 3 rings (SSSR count). The van der Waals surface area contributed by atoms with E-state index in [0.29, 0.717) is 17.6 Å². The minimum absolute atomic E-state index is 0.0800. The number of rotatable bonds is 8. The van der Waals surface area contributed by atoms with Crippen molar-refractivity contribution in [3.05, 3.63) is 12.7 Å². The molecule has 11 nitrogen and oxygen atoms in total. The average molecular weight is 413 g/mol. The SMILES string of the molecule is C[S+](C)CC[C@H](NC[C@H]1O[C@@H](n2cnc3c(N)ncnc32)[C@H](O)[C@@H]1O)C(=O)O. The number of nitrogens with one attached hydrogen (secondary N) is 1. The molecule has 3 heterocycles. The zero-order valence-electron chi connectivity index (χ0n) is 15.6. The fourth-order valence-electron chi connectivity index (χ4n) is 3.11. The molecule has 2 aromatic rings. The van der Waals surface area contributed by atoms with Gasteiger partial charge in [0.25, 0.3) is 0 Å². The molecule has 28 heavy (non-hydrogen) atoms. The number of aliphatic carboxylic acids is 1. The lowest BCUT2D eigenvalue weighted by atomic mass is 10.1. The second kappa shape index (κ2) is 8.57. The summed E-state index contributed by atoms with van der Waals surface area (Å²) in [5, 5.41) is 33.1. The van der Waals surface area contributed by atoms with Crippen LogP contribution in [0.4, 0.5) is 5.82 Å². The molecule has 0 unspecified atom stereocenters. The van der Waals surface area contributed by atoms with Crippen molar-refractivity contribution >= 4 is 33.8 Å². The summed E-state index contributed by atoms with van der Waals surface area (Å²) in [4.78, 5) is 23.6. The first kappa shape index (κ1) is 20.7. The number of hydrogen-bond acceptors (Lipinski definition) is 9. The molecule has 1 aliphatic heterocycles. The van der Waals surface area contributed by atoms with E-state index in [9.17, 15) is 20.1 Å². The molecule has 0 radical (unpaired) electrons. The fraction of sp³-hybridized carbons (Fsp3) is 0.625. The molecule has 2 aromatic heterocycles. The molecule has 5 atom stereocenters. The lowest BCUT2D eigenvalue weighted by molar-refractivity contribution is -0.139. The van der Waals surface area contributed by atoms with Gasteiger partial charge in [-0.2, -0.15) is 0 Å². The number of aliphatic hydroxyl groups excluding tert-OH is 2. The molecule has 154 valence electrons. The largest absolute Gasteiger partial charge is 0.480 e. The summed E-state index contributed by atoms with van der Waals surface area (Å²) in [6.07, 6.45) is 3.11. The van der Waals surface area contributed by atoms with Crippen molar-refractivity contribution in [1.29, 1.82) is 0 Å². The van der Waals surface area contributed by atoms with Crippen LogP contribution < -0.4 is 11.1 Å². The number of carboxylic acids is 1. The molecule has 0 bridgehead atoms. The second-order valence-corrected chi connectivity index (χ2v) is 9.29. The number of ether oxygens (including phenoxy) is 1. The number of fused-ring (bicyclic) bond motifs is 1. The number of nitrogen functional groups attached to an aromatic ring is 1. The van der Waals surface area contributed by atoms with Gasteiger partial charge in [-0.1, -0.05) is 0 Å². The Hall–Kier alpha value is -1.99. The number of nitrogens with zero attached hydrogens (tertiary/aromatic N) is 4. The standard InChI is InChI=1S/C16H24N6O5S/c1-28(2)4-3-8(16(25)26)18-5-9-11(23)12(24)15(27-9)22-7-21-10-13(17)19-6-20-14(10)22/h6-9,11-12,15,18,23-24H,3-5H2,1-2H3,(H2-,17,19,20,25,26)/p+1/t8-,9+,11+,12+,15+/m0/s1.